The molecule has 4 heteroatoms. The van der Waals surface area contributed by atoms with E-state index in [9.17, 15) is 9.90 Å². The first kappa shape index (κ1) is 14.5. The fourth-order valence-electron chi connectivity index (χ4n) is 2.44. The van der Waals surface area contributed by atoms with Gasteiger partial charge in [0.15, 0.2) is 0 Å². The van der Waals surface area contributed by atoms with Crippen LogP contribution < -0.4 is 5.32 Å². The second kappa shape index (κ2) is 5.36. The molecular formula is C13H26N2O2. The zero-order chi connectivity index (χ0) is 13.1. The van der Waals surface area contributed by atoms with E-state index in [-0.39, 0.29) is 5.54 Å². The highest BCUT2D eigenvalue weighted by Gasteiger charge is 2.40. The van der Waals surface area contributed by atoms with Crippen molar-refractivity contribution in [3.05, 3.63) is 0 Å². The van der Waals surface area contributed by atoms with Crippen LogP contribution in [0.15, 0.2) is 0 Å². The number of rotatable bonds is 6. The topological polar surface area (TPSA) is 52.6 Å². The summed E-state index contributed by atoms with van der Waals surface area (Å²) in [5.41, 5.74) is -0.706. The molecule has 0 amide bonds. The van der Waals surface area contributed by atoms with Gasteiger partial charge in [-0.25, -0.2) is 0 Å². The molecule has 0 aliphatic carbocycles. The summed E-state index contributed by atoms with van der Waals surface area (Å²) in [6, 6.07) is 0. The van der Waals surface area contributed by atoms with Gasteiger partial charge >= 0.3 is 5.97 Å². The Kier molecular flexibility index (Phi) is 4.55. The summed E-state index contributed by atoms with van der Waals surface area (Å²) in [5.74, 6) is -0.756. The van der Waals surface area contributed by atoms with Gasteiger partial charge in [0.1, 0.15) is 5.54 Å². The lowest BCUT2D eigenvalue weighted by molar-refractivity contribution is -0.145. The number of hydrogen-bond acceptors (Lipinski definition) is 3. The Labute approximate surface area is 104 Å². The Bertz CT molecular complexity index is 279. The predicted octanol–water partition coefficient (Wildman–Crippen LogP) is 1.70. The van der Waals surface area contributed by atoms with Crippen LogP contribution in [-0.2, 0) is 4.79 Å². The number of hydrogen-bond donors (Lipinski definition) is 2. The van der Waals surface area contributed by atoms with E-state index in [0.717, 1.165) is 32.4 Å². The van der Waals surface area contributed by atoms with Gasteiger partial charge in [0.05, 0.1) is 0 Å². The highest BCUT2D eigenvalue weighted by Crippen LogP contribution is 2.29. The molecule has 2 N–H and O–H groups in total. The van der Waals surface area contributed by atoms with Gasteiger partial charge in [-0.15, -0.1) is 0 Å². The fraction of sp³-hybridized carbons (Fsp3) is 0.923. The van der Waals surface area contributed by atoms with Crippen molar-refractivity contribution in [1.82, 2.24) is 10.2 Å². The molecule has 1 aliphatic heterocycles. The average Bonchev–Trinajstić information content (AvgIpc) is 2.55. The summed E-state index contributed by atoms with van der Waals surface area (Å²) in [6.45, 7) is 10.6. The van der Waals surface area contributed by atoms with Crippen LogP contribution in [0.1, 0.15) is 47.0 Å². The van der Waals surface area contributed by atoms with E-state index in [0.29, 0.717) is 6.54 Å². The van der Waals surface area contributed by atoms with E-state index in [1.165, 1.54) is 0 Å². The van der Waals surface area contributed by atoms with Gasteiger partial charge in [-0.2, -0.15) is 0 Å². The van der Waals surface area contributed by atoms with Gasteiger partial charge in [-0.3, -0.25) is 9.69 Å². The Morgan fingerprint density at radius 1 is 1.53 bits per heavy atom. The molecule has 17 heavy (non-hydrogen) atoms. The van der Waals surface area contributed by atoms with Crippen LogP contribution in [0.3, 0.4) is 0 Å². The molecular weight excluding hydrogens is 216 g/mol. The lowest BCUT2D eigenvalue weighted by Crippen LogP contribution is -2.59. The normalized spacial score (nSPS) is 23.5. The van der Waals surface area contributed by atoms with Crippen molar-refractivity contribution >= 4 is 5.97 Å². The molecule has 1 rings (SSSR count). The van der Waals surface area contributed by atoms with Crippen LogP contribution in [0.25, 0.3) is 0 Å². The van der Waals surface area contributed by atoms with Gasteiger partial charge < -0.3 is 10.4 Å². The third kappa shape index (κ3) is 3.42. The van der Waals surface area contributed by atoms with Gasteiger partial charge in [0.25, 0.3) is 0 Å². The third-order valence-corrected chi connectivity index (χ3v) is 3.82. The first-order valence-electron chi connectivity index (χ1n) is 6.55. The van der Waals surface area contributed by atoms with Crippen molar-refractivity contribution in [1.29, 1.82) is 0 Å². The number of nitrogens with zero attached hydrogens (tertiary/aromatic N) is 1. The van der Waals surface area contributed by atoms with Crippen molar-refractivity contribution in [2.75, 3.05) is 19.6 Å². The van der Waals surface area contributed by atoms with Crippen molar-refractivity contribution in [2.24, 2.45) is 0 Å². The maximum absolute atomic E-state index is 11.4. The van der Waals surface area contributed by atoms with Crippen molar-refractivity contribution < 1.29 is 9.90 Å². The van der Waals surface area contributed by atoms with E-state index in [4.69, 9.17) is 0 Å². The van der Waals surface area contributed by atoms with Crippen LogP contribution in [0.5, 0.6) is 0 Å². The zero-order valence-corrected chi connectivity index (χ0v) is 11.5. The largest absolute Gasteiger partial charge is 0.480 e. The summed E-state index contributed by atoms with van der Waals surface area (Å²) >= 11 is 0. The SMILES string of the molecule is CCCNC(C)(CN1CCCC1(C)C)C(=O)O. The van der Waals surface area contributed by atoms with E-state index in [2.05, 4.69) is 31.0 Å². The monoisotopic (exact) mass is 242 g/mol. The Balaban J connectivity index is 2.69. The molecule has 1 heterocycles. The van der Waals surface area contributed by atoms with E-state index in [1.807, 2.05) is 0 Å². The van der Waals surface area contributed by atoms with Crippen molar-refractivity contribution in [3.63, 3.8) is 0 Å². The predicted molar refractivity (Wildman–Crippen MR) is 69.2 cm³/mol. The maximum atomic E-state index is 11.4. The lowest BCUT2D eigenvalue weighted by atomic mass is 9.97. The molecule has 0 spiro atoms. The molecule has 1 unspecified atom stereocenters. The smallest absolute Gasteiger partial charge is 0.324 e. The molecule has 0 bridgehead atoms. The molecule has 1 saturated heterocycles. The van der Waals surface area contributed by atoms with Crippen LogP contribution >= 0.6 is 0 Å². The molecule has 1 atom stereocenters. The van der Waals surface area contributed by atoms with Crippen LogP contribution in [0, 0.1) is 0 Å². The third-order valence-electron chi connectivity index (χ3n) is 3.82. The van der Waals surface area contributed by atoms with Gasteiger partial charge in [-0.1, -0.05) is 6.92 Å². The number of aliphatic carboxylic acids is 1. The minimum atomic E-state index is -0.836. The van der Waals surface area contributed by atoms with Gasteiger partial charge in [0, 0.05) is 12.1 Å². The molecule has 0 aromatic rings. The molecule has 0 saturated carbocycles. The van der Waals surface area contributed by atoms with E-state index in [1.54, 1.807) is 6.92 Å². The first-order chi connectivity index (χ1) is 7.82. The standard InChI is InChI=1S/C13H26N2O2/c1-5-8-14-13(4,11(16)17)10-15-9-6-7-12(15,2)3/h14H,5-10H2,1-4H3,(H,16,17). The molecule has 4 nitrogen and oxygen atoms in total. The van der Waals surface area contributed by atoms with E-state index >= 15 is 0 Å². The maximum Gasteiger partial charge on any atom is 0.324 e. The van der Waals surface area contributed by atoms with Crippen LogP contribution in [0.2, 0.25) is 0 Å². The summed E-state index contributed by atoms with van der Waals surface area (Å²) in [6.07, 6.45) is 3.26. The Morgan fingerprint density at radius 3 is 2.59 bits per heavy atom. The second-order valence-electron chi connectivity index (χ2n) is 5.90. The Morgan fingerprint density at radius 2 is 2.18 bits per heavy atom. The number of carboxylic acids is 1. The van der Waals surface area contributed by atoms with Crippen LogP contribution in [0.4, 0.5) is 0 Å². The summed E-state index contributed by atoms with van der Waals surface area (Å²) < 4.78 is 0. The fourth-order valence-corrected chi connectivity index (χ4v) is 2.44. The molecule has 0 aromatic heterocycles. The molecule has 100 valence electrons. The molecule has 1 fully saturated rings. The van der Waals surface area contributed by atoms with Gasteiger partial charge in [-0.05, 0) is 53.1 Å². The summed E-state index contributed by atoms with van der Waals surface area (Å²) in [7, 11) is 0. The molecule has 0 radical (unpaired) electrons. The quantitative estimate of drug-likeness (QED) is 0.744. The summed E-state index contributed by atoms with van der Waals surface area (Å²) in [5, 5.41) is 12.6. The van der Waals surface area contributed by atoms with Gasteiger partial charge in [0.2, 0.25) is 0 Å². The average molecular weight is 242 g/mol. The van der Waals surface area contributed by atoms with Crippen molar-refractivity contribution in [2.45, 2.75) is 58.0 Å². The number of likely N-dealkylation sites (tertiary alicyclic amines) is 1. The van der Waals surface area contributed by atoms with Crippen LogP contribution in [-0.4, -0.2) is 46.7 Å². The minimum Gasteiger partial charge on any atom is -0.480 e. The molecule has 1 aliphatic rings. The highest BCUT2D eigenvalue weighted by molar-refractivity contribution is 5.78. The number of carbonyl (C=O) groups is 1. The van der Waals surface area contributed by atoms with E-state index < -0.39 is 11.5 Å². The Hall–Kier alpha value is -0.610. The summed E-state index contributed by atoms with van der Waals surface area (Å²) in [4.78, 5) is 13.7. The van der Waals surface area contributed by atoms with Crippen molar-refractivity contribution in [3.8, 4) is 0 Å². The number of carboxylic acid groups (broad SMARTS) is 1. The molecule has 0 aromatic carbocycles. The highest BCUT2D eigenvalue weighted by atomic mass is 16.4. The zero-order valence-electron chi connectivity index (χ0n) is 11.5. The minimum absolute atomic E-state index is 0.130. The lowest BCUT2D eigenvalue weighted by Gasteiger charge is -2.38. The second-order valence-corrected chi connectivity index (χ2v) is 5.90. The first-order valence-corrected chi connectivity index (χ1v) is 6.55. The number of nitrogens with one attached hydrogen (secondary N) is 1.